The molecule has 15 aromatic rings. The molecule has 0 atom stereocenters. The van der Waals surface area contributed by atoms with Gasteiger partial charge in [-0.1, -0.05) is 109 Å². The number of hydrogen-bond donors (Lipinski definition) is 0. The molecule has 564 valence electrons. The summed E-state index contributed by atoms with van der Waals surface area (Å²) in [6.07, 6.45) is 22.6. The van der Waals surface area contributed by atoms with E-state index in [1.807, 2.05) is 211 Å². The number of nitrogens with zero attached hydrogens (tertiary/aromatic N) is 18. The number of aromatic nitrogens is 18. The molecule has 0 aliphatic heterocycles. The van der Waals surface area contributed by atoms with Crippen molar-refractivity contribution in [3.63, 3.8) is 0 Å². The number of carbonyl (C=O) groups is 1. The maximum absolute atomic E-state index is 10.7. The Hall–Kier alpha value is -11.9. The summed E-state index contributed by atoms with van der Waals surface area (Å²) < 4.78 is 130. The molecule has 0 saturated heterocycles. The van der Waals surface area contributed by atoms with E-state index in [9.17, 15) is 55.2 Å². The number of carbonyl (C=O) groups excluding carboxylic acids is 1. The van der Waals surface area contributed by atoms with E-state index in [-0.39, 0.29) is 25.3 Å². The van der Waals surface area contributed by atoms with E-state index in [0.717, 1.165) is 108 Å². The van der Waals surface area contributed by atoms with Crippen LogP contribution in [0.4, 0.5) is 50.4 Å². The van der Waals surface area contributed by atoms with Crippen molar-refractivity contribution in [1.82, 2.24) is 88.6 Å². The first-order chi connectivity index (χ1) is 51.1. The molecule has 0 spiro atoms. The van der Waals surface area contributed by atoms with Crippen LogP contribution >= 0.6 is 15.6 Å². The largest absolute Gasteiger partial charge is 2.00 e. The monoisotopic (exact) mass is 1630 g/mol. The van der Waals surface area contributed by atoms with E-state index in [1.165, 1.54) is 47.2 Å². The first kappa shape index (κ1) is 81.2. The summed E-state index contributed by atoms with van der Waals surface area (Å²) in [5.41, 5.74) is 17.8. The molecule has 3 aromatic carbocycles. The summed E-state index contributed by atoms with van der Waals surface area (Å²) in [6, 6.07) is 72.7. The summed E-state index contributed by atoms with van der Waals surface area (Å²) in [6.45, 7) is 7.38. The van der Waals surface area contributed by atoms with E-state index in [2.05, 4.69) is 133 Å². The molecule has 15 rings (SSSR count). The Balaban J connectivity index is 0.000000168. The zero-order valence-electron chi connectivity index (χ0n) is 57.7. The number of halogens is 12. The Bertz CT molecular complexity index is 4480. The van der Waals surface area contributed by atoms with E-state index in [1.54, 1.807) is 37.2 Å². The van der Waals surface area contributed by atoms with Crippen LogP contribution in [-0.2, 0) is 63.5 Å². The molecular formula is C75H66F12N18OP2Ru. The molecule has 34 heteroatoms. The van der Waals surface area contributed by atoms with Crippen LogP contribution in [0.5, 0.6) is 0 Å². The van der Waals surface area contributed by atoms with E-state index in [4.69, 9.17) is 0 Å². The normalized spacial score (nSPS) is 12.2. The molecular weight excluding hydrogens is 1560 g/mol. The standard InChI is InChI=1S/3C24H20N6.C3H6O.2F6P.Ru/c3*1-3-13-25-21(5-1)23-11-15-29(27-23)17-19-7-9-20(10-8-19)18-30-16-12-24(28-30)22-6-2-4-14-26-22;1-3(2)4;2*1-7(2,3,4,5)6;/h3*1-16H,17-18H2;1-2H3;;;/q;;;;2*-1;+2. The van der Waals surface area contributed by atoms with Gasteiger partial charge < -0.3 is 4.79 Å². The minimum atomic E-state index is -10.7. The van der Waals surface area contributed by atoms with Crippen LogP contribution in [0.2, 0.25) is 0 Å². The van der Waals surface area contributed by atoms with Crippen molar-refractivity contribution in [2.45, 2.75) is 53.1 Å². The van der Waals surface area contributed by atoms with Crippen molar-refractivity contribution >= 4 is 21.4 Å². The molecule has 0 saturated carbocycles. The fourth-order valence-electron chi connectivity index (χ4n) is 9.98. The van der Waals surface area contributed by atoms with Gasteiger partial charge in [0.2, 0.25) is 0 Å². The SMILES string of the molecule is CC(C)=O.F[P-](F)(F)(F)(F)F.F[P-](F)(F)(F)(F)F.[Ru+2].c1ccc(-c2ccn(Cc3ccc(Cn4ccc(-c5ccccn5)n4)cc3)n2)nc1.c1ccc(-c2ccn(Cc3ccc(Cn4ccc(-c5ccccn5)n4)cc3)n2)nc1.c1ccc(-c2ccn(Cc3ccc(Cn4ccc(-c5ccccn5)n4)cc3)n2)nc1. The minimum Gasteiger partial charge on any atom is -0.268 e. The third kappa shape index (κ3) is 30.1. The van der Waals surface area contributed by atoms with E-state index < -0.39 is 15.6 Å². The van der Waals surface area contributed by atoms with Gasteiger partial charge in [-0.05, 0) is 156 Å². The predicted molar refractivity (Wildman–Crippen MR) is 390 cm³/mol. The molecule has 0 aliphatic carbocycles. The Kier molecular flexibility index (Phi) is 25.6. The molecule has 0 radical (unpaired) electrons. The maximum atomic E-state index is 9.87. The molecule has 0 N–H and O–H groups in total. The Morgan fingerprint density at radius 2 is 0.367 bits per heavy atom. The molecule has 0 amide bonds. The summed E-state index contributed by atoms with van der Waals surface area (Å²) >= 11 is 0. The van der Waals surface area contributed by atoms with Gasteiger partial charge >= 0.3 is 85.5 Å². The van der Waals surface area contributed by atoms with Gasteiger partial charge in [0.25, 0.3) is 0 Å². The summed E-state index contributed by atoms with van der Waals surface area (Å²) in [7, 11) is -21.3. The van der Waals surface area contributed by atoms with Crippen molar-refractivity contribution in [3.05, 3.63) is 326 Å². The summed E-state index contributed by atoms with van der Waals surface area (Å²) in [4.78, 5) is 35.6. The number of Topliss-reactive ketones (excluding diaryl/α,β-unsaturated/α-hetero) is 1. The smallest absolute Gasteiger partial charge is 0.268 e. The van der Waals surface area contributed by atoms with Gasteiger partial charge in [-0.25, -0.2) is 0 Å². The van der Waals surface area contributed by atoms with Crippen LogP contribution in [0.25, 0.3) is 68.3 Å². The molecule has 109 heavy (non-hydrogen) atoms. The second-order valence-corrected chi connectivity index (χ2v) is 27.8. The summed E-state index contributed by atoms with van der Waals surface area (Å²) in [5.74, 6) is 0.167. The Morgan fingerprint density at radius 3 is 0.477 bits per heavy atom. The number of benzene rings is 3. The number of rotatable bonds is 18. The van der Waals surface area contributed by atoms with Crippen molar-refractivity contribution in [2.75, 3.05) is 0 Å². The molecule has 0 unspecified atom stereocenters. The van der Waals surface area contributed by atoms with Crippen LogP contribution in [0, 0.1) is 0 Å². The second-order valence-electron chi connectivity index (χ2n) is 24.0. The fourth-order valence-corrected chi connectivity index (χ4v) is 9.98. The maximum Gasteiger partial charge on any atom is 2.00 e. The third-order valence-electron chi connectivity index (χ3n) is 14.5. The van der Waals surface area contributed by atoms with Gasteiger partial charge in [-0.2, -0.15) is 30.6 Å². The van der Waals surface area contributed by atoms with Gasteiger partial charge in [0.1, 0.15) is 39.9 Å². The predicted octanol–water partition coefficient (Wildman–Crippen LogP) is 20.3. The van der Waals surface area contributed by atoms with Gasteiger partial charge in [0.05, 0.1) is 73.4 Å². The van der Waals surface area contributed by atoms with E-state index in [0.29, 0.717) is 0 Å². The van der Waals surface area contributed by atoms with Gasteiger partial charge in [-0.3, -0.25) is 58.0 Å². The van der Waals surface area contributed by atoms with Crippen LogP contribution < -0.4 is 0 Å². The van der Waals surface area contributed by atoms with Crippen LogP contribution in [0.1, 0.15) is 47.2 Å². The molecule has 0 bridgehead atoms. The number of hydrogen-bond acceptors (Lipinski definition) is 13. The minimum absolute atomic E-state index is 0. The van der Waals surface area contributed by atoms with Crippen LogP contribution in [-0.4, -0.2) is 94.4 Å². The van der Waals surface area contributed by atoms with Gasteiger partial charge in [0.15, 0.2) is 0 Å². The summed E-state index contributed by atoms with van der Waals surface area (Å²) in [5, 5.41) is 27.8. The first-order valence-electron chi connectivity index (χ1n) is 32.7. The molecule has 0 aliphatic rings. The van der Waals surface area contributed by atoms with Gasteiger partial charge in [0, 0.05) is 74.4 Å². The Labute approximate surface area is 629 Å². The molecule has 0 fully saturated rings. The van der Waals surface area contributed by atoms with Crippen molar-refractivity contribution < 1.29 is 74.6 Å². The average Bonchev–Trinajstić information content (AvgIpc) is 1.77. The van der Waals surface area contributed by atoms with Crippen LogP contribution in [0.3, 0.4) is 0 Å². The topological polar surface area (TPSA) is 201 Å². The number of pyridine rings is 6. The zero-order chi connectivity index (χ0) is 76.9. The average molecular weight is 1630 g/mol. The fraction of sp³-hybridized carbons (Fsp3) is 0.107. The number of ketones is 1. The van der Waals surface area contributed by atoms with Gasteiger partial charge in [-0.15, -0.1) is 0 Å². The zero-order valence-corrected chi connectivity index (χ0v) is 61.2. The first-order valence-corrected chi connectivity index (χ1v) is 36.7. The molecule has 12 aromatic heterocycles. The Morgan fingerprint density at radius 1 is 0.239 bits per heavy atom. The van der Waals surface area contributed by atoms with Crippen LogP contribution in [0.15, 0.2) is 293 Å². The molecule has 12 heterocycles. The van der Waals surface area contributed by atoms with Crippen molar-refractivity contribution in [1.29, 1.82) is 0 Å². The van der Waals surface area contributed by atoms with E-state index >= 15 is 0 Å². The van der Waals surface area contributed by atoms with Crippen molar-refractivity contribution in [3.8, 4) is 68.3 Å². The van der Waals surface area contributed by atoms with Crippen molar-refractivity contribution in [2.24, 2.45) is 0 Å². The third-order valence-corrected chi connectivity index (χ3v) is 14.5. The molecule has 19 nitrogen and oxygen atoms in total. The quantitative estimate of drug-likeness (QED) is 0.0446. The second kappa shape index (κ2) is 34.4.